The van der Waals surface area contributed by atoms with Crippen LogP contribution in [0.4, 0.5) is 0 Å². The lowest BCUT2D eigenvalue weighted by Gasteiger charge is -2.07. The van der Waals surface area contributed by atoms with Crippen molar-refractivity contribution in [2.45, 2.75) is 20.3 Å². The maximum absolute atomic E-state index is 5.80. The number of fused-ring (bicyclic) bond motifs is 1. The lowest BCUT2D eigenvalue weighted by molar-refractivity contribution is 0.978. The number of aryl methyl sites for hydroxylation is 2. The molecule has 0 fully saturated rings. The van der Waals surface area contributed by atoms with Crippen molar-refractivity contribution in [3.63, 3.8) is 0 Å². The number of benzene rings is 2. The van der Waals surface area contributed by atoms with Gasteiger partial charge < -0.3 is 10.7 Å². The second-order valence-electron chi connectivity index (χ2n) is 5.36. The van der Waals surface area contributed by atoms with Crippen molar-refractivity contribution in [2.24, 2.45) is 5.73 Å². The molecule has 0 atom stereocenters. The van der Waals surface area contributed by atoms with E-state index in [4.69, 9.17) is 5.73 Å². The van der Waals surface area contributed by atoms with Crippen LogP contribution in [0.25, 0.3) is 22.2 Å². The second-order valence-corrected chi connectivity index (χ2v) is 5.36. The van der Waals surface area contributed by atoms with Gasteiger partial charge in [0, 0.05) is 16.6 Å². The third-order valence-corrected chi connectivity index (χ3v) is 4.00. The topological polar surface area (TPSA) is 41.8 Å². The summed E-state index contributed by atoms with van der Waals surface area (Å²) >= 11 is 0. The molecule has 3 N–H and O–H groups in total. The fraction of sp³-hybridized carbons (Fsp3) is 0.222. The summed E-state index contributed by atoms with van der Waals surface area (Å²) in [6.45, 7) is 4.97. The van der Waals surface area contributed by atoms with Crippen LogP contribution < -0.4 is 5.73 Å². The Morgan fingerprint density at radius 2 is 1.80 bits per heavy atom. The number of rotatable bonds is 3. The van der Waals surface area contributed by atoms with Gasteiger partial charge in [0.1, 0.15) is 0 Å². The van der Waals surface area contributed by atoms with Gasteiger partial charge in [-0.2, -0.15) is 0 Å². The number of H-pyrrole nitrogens is 1. The molecular formula is C18H20N2. The Bertz CT molecular complexity index is 753. The molecule has 102 valence electrons. The highest BCUT2D eigenvalue weighted by Gasteiger charge is 2.12. The Morgan fingerprint density at radius 3 is 2.55 bits per heavy atom. The minimum absolute atomic E-state index is 0.666. The van der Waals surface area contributed by atoms with Gasteiger partial charge >= 0.3 is 0 Å². The lowest BCUT2D eigenvalue weighted by Crippen LogP contribution is -2.03. The summed E-state index contributed by atoms with van der Waals surface area (Å²) in [7, 11) is 0. The fourth-order valence-corrected chi connectivity index (χ4v) is 2.75. The van der Waals surface area contributed by atoms with Crippen LogP contribution >= 0.6 is 0 Å². The standard InChI is InChI=1S/C18H20N2/c1-12-7-8-14(11-13(12)2)18-16(9-10-19)15-5-3-4-6-17(15)20-18/h3-8,11,20H,9-10,19H2,1-2H3. The molecule has 0 bridgehead atoms. The molecule has 0 aliphatic carbocycles. The van der Waals surface area contributed by atoms with Crippen LogP contribution in [-0.4, -0.2) is 11.5 Å². The van der Waals surface area contributed by atoms with E-state index < -0.39 is 0 Å². The van der Waals surface area contributed by atoms with Gasteiger partial charge in [0.05, 0.1) is 0 Å². The van der Waals surface area contributed by atoms with Crippen LogP contribution in [0.2, 0.25) is 0 Å². The first-order valence-electron chi connectivity index (χ1n) is 7.08. The van der Waals surface area contributed by atoms with Gasteiger partial charge in [0.25, 0.3) is 0 Å². The molecule has 2 nitrogen and oxygen atoms in total. The number of aromatic amines is 1. The largest absolute Gasteiger partial charge is 0.354 e. The van der Waals surface area contributed by atoms with E-state index in [1.807, 2.05) is 0 Å². The molecular weight excluding hydrogens is 244 g/mol. The van der Waals surface area contributed by atoms with E-state index in [0.717, 1.165) is 6.42 Å². The summed E-state index contributed by atoms with van der Waals surface area (Å²) in [6.07, 6.45) is 0.895. The Kier molecular flexibility index (Phi) is 3.33. The normalized spacial score (nSPS) is 11.2. The maximum atomic E-state index is 5.80. The van der Waals surface area contributed by atoms with Crippen LogP contribution in [-0.2, 0) is 6.42 Å². The molecule has 2 heteroatoms. The summed E-state index contributed by atoms with van der Waals surface area (Å²) in [5.41, 5.74) is 13.4. The van der Waals surface area contributed by atoms with Gasteiger partial charge in [-0.1, -0.05) is 30.3 Å². The van der Waals surface area contributed by atoms with E-state index in [-0.39, 0.29) is 0 Å². The maximum Gasteiger partial charge on any atom is 0.0497 e. The van der Waals surface area contributed by atoms with Crippen LogP contribution in [0.15, 0.2) is 42.5 Å². The molecule has 3 aromatic rings. The van der Waals surface area contributed by atoms with Crippen molar-refractivity contribution in [2.75, 3.05) is 6.54 Å². The zero-order chi connectivity index (χ0) is 14.1. The van der Waals surface area contributed by atoms with Crippen LogP contribution in [0.1, 0.15) is 16.7 Å². The number of aromatic nitrogens is 1. The number of hydrogen-bond acceptors (Lipinski definition) is 1. The summed E-state index contributed by atoms with van der Waals surface area (Å²) in [6, 6.07) is 15.1. The van der Waals surface area contributed by atoms with Crippen LogP contribution in [0, 0.1) is 13.8 Å². The predicted octanol–water partition coefficient (Wildman–Crippen LogP) is 3.95. The van der Waals surface area contributed by atoms with E-state index >= 15 is 0 Å². The minimum Gasteiger partial charge on any atom is -0.354 e. The van der Waals surface area contributed by atoms with E-state index in [0.29, 0.717) is 6.54 Å². The van der Waals surface area contributed by atoms with Gasteiger partial charge in [-0.25, -0.2) is 0 Å². The molecule has 0 aliphatic rings. The predicted molar refractivity (Wildman–Crippen MR) is 86.0 cm³/mol. The summed E-state index contributed by atoms with van der Waals surface area (Å²) in [5, 5.41) is 1.28. The Labute approximate surface area is 119 Å². The zero-order valence-electron chi connectivity index (χ0n) is 12.0. The first-order chi connectivity index (χ1) is 9.70. The molecule has 20 heavy (non-hydrogen) atoms. The molecule has 0 unspecified atom stereocenters. The third kappa shape index (κ3) is 2.12. The zero-order valence-corrected chi connectivity index (χ0v) is 12.0. The van der Waals surface area contributed by atoms with Crippen molar-refractivity contribution < 1.29 is 0 Å². The van der Waals surface area contributed by atoms with Crippen molar-refractivity contribution in [1.82, 2.24) is 4.98 Å². The fourth-order valence-electron chi connectivity index (χ4n) is 2.75. The van der Waals surface area contributed by atoms with E-state index in [1.54, 1.807) is 0 Å². The van der Waals surface area contributed by atoms with E-state index in [9.17, 15) is 0 Å². The SMILES string of the molecule is Cc1ccc(-c2[nH]c3ccccc3c2CCN)cc1C. The van der Waals surface area contributed by atoms with Crippen molar-refractivity contribution in [3.8, 4) is 11.3 Å². The van der Waals surface area contributed by atoms with Gasteiger partial charge in [-0.05, 0) is 61.2 Å². The molecule has 0 radical (unpaired) electrons. The number of nitrogens with one attached hydrogen (secondary N) is 1. The molecule has 1 aromatic heterocycles. The van der Waals surface area contributed by atoms with Gasteiger partial charge in [-0.15, -0.1) is 0 Å². The number of hydrogen-bond donors (Lipinski definition) is 2. The van der Waals surface area contributed by atoms with Crippen LogP contribution in [0.5, 0.6) is 0 Å². The second kappa shape index (κ2) is 5.14. The molecule has 0 amide bonds. The van der Waals surface area contributed by atoms with Crippen molar-refractivity contribution >= 4 is 10.9 Å². The summed E-state index contributed by atoms with van der Waals surface area (Å²) < 4.78 is 0. The summed E-state index contributed by atoms with van der Waals surface area (Å²) in [4.78, 5) is 3.56. The highest BCUT2D eigenvalue weighted by Crippen LogP contribution is 2.31. The molecule has 0 aliphatic heterocycles. The molecule has 3 rings (SSSR count). The highest BCUT2D eigenvalue weighted by atomic mass is 14.7. The Hall–Kier alpha value is -2.06. The molecule has 1 heterocycles. The number of nitrogens with two attached hydrogens (primary N) is 1. The third-order valence-electron chi connectivity index (χ3n) is 4.00. The average molecular weight is 264 g/mol. The minimum atomic E-state index is 0.666. The van der Waals surface area contributed by atoms with E-state index in [2.05, 4.69) is 61.3 Å². The van der Waals surface area contributed by atoms with Gasteiger partial charge in [0.2, 0.25) is 0 Å². The smallest absolute Gasteiger partial charge is 0.0497 e. The average Bonchev–Trinajstić information content (AvgIpc) is 2.82. The first kappa shape index (κ1) is 12.9. The van der Waals surface area contributed by atoms with Crippen molar-refractivity contribution in [3.05, 3.63) is 59.2 Å². The molecule has 0 spiro atoms. The molecule has 0 saturated carbocycles. The number of para-hydroxylation sites is 1. The molecule has 2 aromatic carbocycles. The lowest BCUT2D eigenvalue weighted by atomic mass is 9.99. The quantitative estimate of drug-likeness (QED) is 0.739. The van der Waals surface area contributed by atoms with Crippen LogP contribution in [0.3, 0.4) is 0 Å². The Morgan fingerprint density at radius 1 is 1.00 bits per heavy atom. The van der Waals surface area contributed by atoms with E-state index in [1.165, 1.54) is 38.9 Å². The van der Waals surface area contributed by atoms with Gasteiger partial charge in [-0.3, -0.25) is 0 Å². The monoisotopic (exact) mass is 264 g/mol. The molecule has 0 saturated heterocycles. The Balaban J connectivity index is 2.23. The van der Waals surface area contributed by atoms with Gasteiger partial charge in [0.15, 0.2) is 0 Å². The summed E-state index contributed by atoms with van der Waals surface area (Å²) in [5.74, 6) is 0. The van der Waals surface area contributed by atoms with Crippen molar-refractivity contribution in [1.29, 1.82) is 0 Å². The first-order valence-corrected chi connectivity index (χ1v) is 7.08. The highest BCUT2D eigenvalue weighted by molar-refractivity contribution is 5.90.